The third-order valence-electron chi connectivity index (χ3n) is 4.31. The van der Waals surface area contributed by atoms with Gasteiger partial charge in [-0.05, 0) is 30.5 Å². The van der Waals surface area contributed by atoms with E-state index in [1.807, 2.05) is 0 Å². The summed E-state index contributed by atoms with van der Waals surface area (Å²) in [6.07, 6.45) is 3.19. The quantitative estimate of drug-likeness (QED) is 0.723. The Balaban J connectivity index is 2.04. The van der Waals surface area contributed by atoms with E-state index in [0.29, 0.717) is 6.04 Å². The molecule has 2 unspecified atom stereocenters. The molecule has 0 amide bonds. The normalized spacial score (nSPS) is 31.5. The zero-order chi connectivity index (χ0) is 11.5. The Kier molecular flexibility index (Phi) is 1.78. The summed E-state index contributed by atoms with van der Waals surface area (Å²) >= 11 is 0. The number of aromatic nitrogens is 1. The summed E-state index contributed by atoms with van der Waals surface area (Å²) in [6.45, 7) is 3.97. The van der Waals surface area contributed by atoms with E-state index in [-0.39, 0.29) is 5.60 Å². The van der Waals surface area contributed by atoms with Gasteiger partial charge in [-0.2, -0.15) is 0 Å². The zero-order valence-corrected chi connectivity index (χ0v) is 9.92. The number of morpholine rings is 1. The minimum Gasteiger partial charge on any atom is -0.368 e. The summed E-state index contributed by atoms with van der Waals surface area (Å²) in [5.74, 6) is 0. The molecule has 1 fully saturated rings. The van der Waals surface area contributed by atoms with Crippen molar-refractivity contribution in [1.29, 1.82) is 0 Å². The topological polar surface area (TPSA) is 37.0 Å². The number of aromatic amines is 1. The van der Waals surface area contributed by atoms with Gasteiger partial charge in [0.25, 0.3) is 0 Å². The molecule has 1 saturated heterocycles. The van der Waals surface area contributed by atoms with E-state index >= 15 is 0 Å². The Hall–Kier alpha value is -1.32. The van der Waals surface area contributed by atoms with Crippen LogP contribution in [0.2, 0.25) is 0 Å². The largest absolute Gasteiger partial charge is 0.368 e. The van der Waals surface area contributed by atoms with Crippen LogP contribution in [0, 0.1) is 0 Å². The van der Waals surface area contributed by atoms with Gasteiger partial charge in [0.05, 0.1) is 6.61 Å². The highest BCUT2D eigenvalue weighted by Gasteiger charge is 2.43. The van der Waals surface area contributed by atoms with Crippen molar-refractivity contribution in [3.05, 3.63) is 35.5 Å². The van der Waals surface area contributed by atoms with Crippen LogP contribution in [0.1, 0.15) is 18.1 Å². The van der Waals surface area contributed by atoms with E-state index in [0.717, 1.165) is 19.6 Å². The highest BCUT2D eigenvalue weighted by molar-refractivity contribution is 5.88. The molecule has 1 aliphatic carbocycles. The molecular formula is C14H16N2O. The van der Waals surface area contributed by atoms with Gasteiger partial charge in [-0.25, -0.2) is 0 Å². The van der Waals surface area contributed by atoms with Crippen molar-refractivity contribution in [3.63, 3.8) is 0 Å². The number of hydrogen-bond donors (Lipinski definition) is 2. The molecule has 0 radical (unpaired) electrons. The fourth-order valence-electron chi connectivity index (χ4n) is 3.37. The highest BCUT2D eigenvalue weighted by atomic mass is 16.5. The van der Waals surface area contributed by atoms with Crippen molar-refractivity contribution < 1.29 is 4.74 Å². The standard InChI is InChI=1S/C14H16N2O/c1-14-10-3-2-4-11-13(10)9(8-16-11)7-12(14)15-5-6-17-14/h2-4,8,12,15-16H,5-7H2,1H3. The summed E-state index contributed by atoms with van der Waals surface area (Å²) in [5, 5.41) is 4.97. The van der Waals surface area contributed by atoms with Crippen LogP contribution in [-0.2, 0) is 16.8 Å². The molecule has 2 atom stereocenters. The Morgan fingerprint density at radius 1 is 1.41 bits per heavy atom. The molecule has 3 heteroatoms. The molecule has 88 valence electrons. The summed E-state index contributed by atoms with van der Waals surface area (Å²) in [4.78, 5) is 3.36. The molecule has 2 aromatic rings. The zero-order valence-electron chi connectivity index (χ0n) is 9.92. The summed E-state index contributed by atoms with van der Waals surface area (Å²) in [6, 6.07) is 6.86. The maximum Gasteiger partial charge on any atom is 0.107 e. The highest BCUT2D eigenvalue weighted by Crippen LogP contribution is 2.42. The lowest BCUT2D eigenvalue weighted by molar-refractivity contribution is -0.0904. The Labute approximate surface area is 100 Å². The molecule has 2 N–H and O–H groups in total. The van der Waals surface area contributed by atoms with Gasteiger partial charge in [-0.1, -0.05) is 12.1 Å². The van der Waals surface area contributed by atoms with Crippen LogP contribution in [-0.4, -0.2) is 24.2 Å². The molecule has 1 aromatic carbocycles. The first kappa shape index (κ1) is 9.68. The first-order valence-electron chi connectivity index (χ1n) is 6.26. The lowest BCUT2D eigenvalue weighted by Crippen LogP contribution is -2.56. The number of fused-ring (bicyclic) bond motifs is 2. The average Bonchev–Trinajstić information content (AvgIpc) is 2.75. The minimum absolute atomic E-state index is 0.174. The molecule has 17 heavy (non-hydrogen) atoms. The lowest BCUT2D eigenvalue weighted by atomic mass is 9.76. The number of rotatable bonds is 0. The van der Waals surface area contributed by atoms with Gasteiger partial charge in [-0.3, -0.25) is 0 Å². The molecule has 2 aliphatic rings. The first-order chi connectivity index (χ1) is 8.29. The first-order valence-corrected chi connectivity index (χ1v) is 6.26. The van der Waals surface area contributed by atoms with Crippen LogP contribution in [0.25, 0.3) is 10.9 Å². The fraction of sp³-hybridized carbons (Fsp3) is 0.429. The molecule has 4 rings (SSSR count). The van der Waals surface area contributed by atoms with Crippen molar-refractivity contribution in [3.8, 4) is 0 Å². The number of H-pyrrole nitrogens is 1. The number of ether oxygens (including phenoxy) is 1. The van der Waals surface area contributed by atoms with E-state index in [4.69, 9.17) is 4.74 Å². The average molecular weight is 228 g/mol. The second kappa shape index (κ2) is 3.12. The van der Waals surface area contributed by atoms with E-state index in [9.17, 15) is 0 Å². The van der Waals surface area contributed by atoms with Crippen molar-refractivity contribution in [2.24, 2.45) is 0 Å². The van der Waals surface area contributed by atoms with Crippen molar-refractivity contribution in [1.82, 2.24) is 10.3 Å². The van der Waals surface area contributed by atoms with Crippen LogP contribution in [0.5, 0.6) is 0 Å². The summed E-state index contributed by atoms with van der Waals surface area (Å²) in [5.41, 5.74) is 3.80. The lowest BCUT2D eigenvalue weighted by Gasteiger charge is -2.45. The third-order valence-corrected chi connectivity index (χ3v) is 4.31. The van der Waals surface area contributed by atoms with Crippen molar-refractivity contribution in [2.75, 3.05) is 13.2 Å². The van der Waals surface area contributed by atoms with Gasteiger partial charge >= 0.3 is 0 Å². The molecule has 2 heterocycles. The predicted molar refractivity (Wildman–Crippen MR) is 67.1 cm³/mol. The van der Waals surface area contributed by atoms with E-state index in [1.54, 1.807) is 0 Å². The molecule has 1 aromatic heterocycles. The third kappa shape index (κ3) is 1.13. The smallest absolute Gasteiger partial charge is 0.107 e. The van der Waals surface area contributed by atoms with E-state index in [2.05, 4.69) is 41.6 Å². The van der Waals surface area contributed by atoms with Crippen LogP contribution in [0.4, 0.5) is 0 Å². The van der Waals surface area contributed by atoms with Gasteiger partial charge in [0, 0.05) is 29.7 Å². The maximum atomic E-state index is 6.11. The predicted octanol–water partition coefficient (Wildman–Crippen LogP) is 1.93. The van der Waals surface area contributed by atoms with Gasteiger partial charge in [0.1, 0.15) is 5.60 Å². The molecule has 0 spiro atoms. The van der Waals surface area contributed by atoms with Crippen LogP contribution >= 0.6 is 0 Å². The van der Waals surface area contributed by atoms with Crippen molar-refractivity contribution in [2.45, 2.75) is 25.0 Å². The van der Waals surface area contributed by atoms with Gasteiger partial charge < -0.3 is 15.0 Å². The number of hydrogen-bond acceptors (Lipinski definition) is 2. The van der Waals surface area contributed by atoms with E-state index in [1.165, 1.54) is 22.0 Å². The van der Waals surface area contributed by atoms with Crippen LogP contribution in [0.3, 0.4) is 0 Å². The second-order valence-electron chi connectivity index (χ2n) is 5.21. The van der Waals surface area contributed by atoms with Crippen LogP contribution < -0.4 is 5.32 Å². The number of benzene rings is 1. The fourth-order valence-corrected chi connectivity index (χ4v) is 3.37. The molecule has 0 bridgehead atoms. The van der Waals surface area contributed by atoms with Gasteiger partial charge in [-0.15, -0.1) is 0 Å². The van der Waals surface area contributed by atoms with Gasteiger partial charge in [0.15, 0.2) is 0 Å². The maximum absolute atomic E-state index is 6.11. The van der Waals surface area contributed by atoms with E-state index < -0.39 is 0 Å². The monoisotopic (exact) mass is 228 g/mol. The number of nitrogens with one attached hydrogen (secondary N) is 2. The summed E-state index contributed by atoms with van der Waals surface area (Å²) in [7, 11) is 0. The molecular weight excluding hydrogens is 212 g/mol. The SMILES string of the molecule is CC12OCCNC1Cc1c[nH]c3cccc2c13. The Bertz CT molecular complexity index is 589. The molecule has 0 saturated carbocycles. The van der Waals surface area contributed by atoms with Crippen molar-refractivity contribution >= 4 is 10.9 Å². The molecule has 3 nitrogen and oxygen atoms in total. The summed E-state index contributed by atoms with van der Waals surface area (Å²) < 4.78 is 6.11. The van der Waals surface area contributed by atoms with Crippen LogP contribution in [0.15, 0.2) is 24.4 Å². The minimum atomic E-state index is -0.174. The Morgan fingerprint density at radius 3 is 3.29 bits per heavy atom. The van der Waals surface area contributed by atoms with Gasteiger partial charge in [0.2, 0.25) is 0 Å². The Morgan fingerprint density at radius 2 is 2.35 bits per heavy atom. The second-order valence-corrected chi connectivity index (χ2v) is 5.21. The molecule has 1 aliphatic heterocycles.